The van der Waals surface area contributed by atoms with Crippen LogP contribution < -0.4 is 9.62 Å². The Kier molecular flexibility index (Phi) is 9.83. The zero-order valence-corrected chi connectivity index (χ0v) is 23.2. The van der Waals surface area contributed by atoms with E-state index in [-0.39, 0.29) is 18.5 Å². The summed E-state index contributed by atoms with van der Waals surface area (Å²) in [6, 6.07) is 10.7. The molecule has 11 heteroatoms. The fourth-order valence-corrected chi connectivity index (χ4v) is 4.79. The van der Waals surface area contributed by atoms with Crippen LogP contribution in [0.3, 0.4) is 0 Å². The SMILES string of the molecule is CC(C)NC(=O)[C@@H](C)N(Cc1c(Cl)cccc1Cl)C(=O)CN(c1ccc(I)cc1)S(C)(=O)=O. The van der Waals surface area contributed by atoms with Gasteiger partial charge in [0.15, 0.2) is 0 Å². The summed E-state index contributed by atoms with van der Waals surface area (Å²) in [5, 5.41) is 3.47. The van der Waals surface area contributed by atoms with Crippen LogP contribution in [0.2, 0.25) is 10.0 Å². The molecule has 0 saturated carbocycles. The van der Waals surface area contributed by atoms with Gasteiger partial charge in [0.2, 0.25) is 21.8 Å². The van der Waals surface area contributed by atoms with Crippen LogP contribution >= 0.6 is 45.8 Å². The lowest BCUT2D eigenvalue weighted by molar-refractivity contribution is -0.139. The van der Waals surface area contributed by atoms with Crippen LogP contribution in [0.4, 0.5) is 5.69 Å². The van der Waals surface area contributed by atoms with Crippen molar-refractivity contribution in [2.75, 3.05) is 17.1 Å². The van der Waals surface area contributed by atoms with Crippen molar-refractivity contribution in [2.45, 2.75) is 39.4 Å². The van der Waals surface area contributed by atoms with E-state index in [9.17, 15) is 18.0 Å². The molecule has 180 valence electrons. The third-order valence-electron chi connectivity index (χ3n) is 4.78. The van der Waals surface area contributed by atoms with Crippen LogP contribution in [-0.2, 0) is 26.2 Å². The highest BCUT2D eigenvalue weighted by molar-refractivity contribution is 14.1. The molecule has 2 aromatic rings. The lowest BCUT2D eigenvalue weighted by Crippen LogP contribution is -2.52. The van der Waals surface area contributed by atoms with E-state index < -0.39 is 28.5 Å². The van der Waals surface area contributed by atoms with Gasteiger partial charge in [-0.1, -0.05) is 29.3 Å². The van der Waals surface area contributed by atoms with E-state index in [2.05, 4.69) is 27.9 Å². The van der Waals surface area contributed by atoms with Crippen molar-refractivity contribution in [1.29, 1.82) is 0 Å². The second kappa shape index (κ2) is 11.7. The lowest BCUT2D eigenvalue weighted by atomic mass is 10.1. The number of nitrogens with zero attached hydrogens (tertiary/aromatic N) is 2. The third kappa shape index (κ3) is 7.73. The summed E-state index contributed by atoms with van der Waals surface area (Å²) in [7, 11) is -3.78. The number of carbonyl (C=O) groups excluding carboxylic acids is 2. The molecule has 2 aromatic carbocycles. The third-order valence-corrected chi connectivity index (χ3v) is 7.35. The minimum Gasteiger partial charge on any atom is -0.352 e. The molecule has 0 aliphatic rings. The van der Waals surface area contributed by atoms with E-state index >= 15 is 0 Å². The van der Waals surface area contributed by atoms with Crippen molar-refractivity contribution in [1.82, 2.24) is 10.2 Å². The number of rotatable bonds is 9. The first kappa shape index (κ1) is 27.7. The molecule has 0 fully saturated rings. The fraction of sp³-hybridized carbons (Fsp3) is 0.364. The largest absolute Gasteiger partial charge is 0.352 e. The van der Waals surface area contributed by atoms with E-state index in [1.54, 1.807) is 49.4 Å². The van der Waals surface area contributed by atoms with Crippen LogP contribution in [-0.4, -0.2) is 50.0 Å². The quantitative estimate of drug-likeness (QED) is 0.421. The molecule has 0 spiro atoms. The molecule has 0 heterocycles. The number of sulfonamides is 1. The molecule has 1 N–H and O–H groups in total. The molecular weight excluding hydrogens is 600 g/mol. The molecule has 33 heavy (non-hydrogen) atoms. The summed E-state index contributed by atoms with van der Waals surface area (Å²) in [5.41, 5.74) is 0.819. The number of anilines is 1. The topological polar surface area (TPSA) is 86.8 Å². The summed E-state index contributed by atoms with van der Waals surface area (Å²) in [4.78, 5) is 27.5. The predicted molar refractivity (Wildman–Crippen MR) is 141 cm³/mol. The minimum atomic E-state index is -3.78. The highest BCUT2D eigenvalue weighted by atomic mass is 127. The van der Waals surface area contributed by atoms with Crippen molar-refractivity contribution < 1.29 is 18.0 Å². The van der Waals surface area contributed by atoms with E-state index in [4.69, 9.17) is 23.2 Å². The van der Waals surface area contributed by atoms with Gasteiger partial charge in [0, 0.05) is 31.8 Å². The van der Waals surface area contributed by atoms with Crippen LogP contribution in [0, 0.1) is 3.57 Å². The Hall–Kier alpha value is -1.56. The van der Waals surface area contributed by atoms with Crippen molar-refractivity contribution in [3.8, 4) is 0 Å². The minimum absolute atomic E-state index is 0.0612. The summed E-state index contributed by atoms with van der Waals surface area (Å²) >= 11 is 14.7. The Morgan fingerprint density at radius 2 is 1.58 bits per heavy atom. The van der Waals surface area contributed by atoms with E-state index in [0.717, 1.165) is 14.1 Å². The molecule has 0 saturated heterocycles. The van der Waals surface area contributed by atoms with E-state index in [1.165, 1.54) is 4.90 Å². The molecule has 0 radical (unpaired) electrons. The zero-order valence-electron chi connectivity index (χ0n) is 18.7. The number of hydrogen-bond acceptors (Lipinski definition) is 4. The maximum absolute atomic E-state index is 13.5. The van der Waals surface area contributed by atoms with Crippen molar-refractivity contribution in [3.05, 3.63) is 61.6 Å². The van der Waals surface area contributed by atoms with Crippen LogP contribution in [0.25, 0.3) is 0 Å². The average Bonchev–Trinajstić information content (AvgIpc) is 2.70. The van der Waals surface area contributed by atoms with Gasteiger partial charge in [-0.05, 0) is 79.8 Å². The Morgan fingerprint density at radius 1 is 1.03 bits per heavy atom. The molecule has 0 aliphatic heterocycles. The number of carbonyl (C=O) groups is 2. The average molecular weight is 626 g/mol. The predicted octanol–water partition coefficient (Wildman–Crippen LogP) is 4.31. The van der Waals surface area contributed by atoms with Gasteiger partial charge in [-0.2, -0.15) is 0 Å². The number of amides is 2. The number of nitrogens with one attached hydrogen (secondary N) is 1. The first-order chi connectivity index (χ1) is 15.3. The second-order valence-electron chi connectivity index (χ2n) is 7.81. The molecule has 2 amide bonds. The summed E-state index contributed by atoms with van der Waals surface area (Å²) < 4.78 is 27.0. The number of halogens is 3. The standard InChI is InChI=1S/C22H26Cl2IN3O4S/c1-14(2)26-22(30)15(3)27(12-18-19(23)6-5-7-20(18)24)21(29)13-28(33(4,31)32)17-10-8-16(25)9-11-17/h5-11,14-15H,12-13H2,1-4H3,(H,26,30)/t15-/m1/s1. The molecule has 7 nitrogen and oxygen atoms in total. The molecule has 0 bridgehead atoms. The van der Waals surface area contributed by atoms with Gasteiger partial charge < -0.3 is 10.2 Å². The Morgan fingerprint density at radius 3 is 2.06 bits per heavy atom. The summed E-state index contributed by atoms with van der Waals surface area (Å²) in [6.45, 7) is 4.65. The Balaban J connectivity index is 2.44. The van der Waals surface area contributed by atoms with Gasteiger partial charge in [0.1, 0.15) is 12.6 Å². The van der Waals surface area contributed by atoms with Crippen LogP contribution in [0.1, 0.15) is 26.3 Å². The first-order valence-corrected chi connectivity index (χ1v) is 13.8. The molecule has 2 rings (SSSR count). The first-order valence-electron chi connectivity index (χ1n) is 10.1. The van der Waals surface area contributed by atoms with E-state index in [1.807, 2.05) is 13.8 Å². The van der Waals surface area contributed by atoms with Crippen LogP contribution in [0.5, 0.6) is 0 Å². The maximum Gasteiger partial charge on any atom is 0.244 e. The summed E-state index contributed by atoms with van der Waals surface area (Å²) in [5.74, 6) is -0.942. The monoisotopic (exact) mass is 625 g/mol. The summed E-state index contributed by atoms with van der Waals surface area (Å²) in [6.07, 6.45) is 1.03. The van der Waals surface area contributed by atoms with Crippen LogP contribution in [0.15, 0.2) is 42.5 Å². The highest BCUT2D eigenvalue weighted by Crippen LogP contribution is 2.27. The van der Waals surface area contributed by atoms with Gasteiger partial charge in [-0.25, -0.2) is 8.42 Å². The van der Waals surface area contributed by atoms with Gasteiger partial charge in [-0.15, -0.1) is 0 Å². The number of benzene rings is 2. The highest BCUT2D eigenvalue weighted by Gasteiger charge is 2.31. The van der Waals surface area contributed by atoms with Gasteiger partial charge in [-0.3, -0.25) is 13.9 Å². The maximum atomic E-state index is 13.5. The second-order valence-corrected chi connectivity index (χ2v) is 11.8. The lowest BCUT2D eigenvalue weighted by Gasteiger charge is -2.32. The fourth-order valence-electron chi connectivity index (χ4n) is 3.06. The van der Waals surface area contributed by atoms with Crippen molar-refractivity contribution in [2.24, 2.45) is 0 Å². The molecule has 1 atom stereocenters. The Bertz CT molecular complexity index is 1090. The smallest absolute Gasteiger partial charge is 0.244 e. The van der Waals surface area contributed by atoms with Crippen molar-refractivity contribution in [3.63, 3.8) is 0 Å². The molecule has 0 aliphatic carbocycles. The molecule has 0 aromatic heterocycles. The van der Waals surface area contributed by atoms with E-state index in [0.29, 0.717) is 21.3 Å². The van der Waals surface area contributed by atoms with Gasteiger partial charge in [0.05, 0.1) is 11.9 Å². The molecular formula is C22H26Cl2IN3O4S. The zero-order chi connectivity index (χ0) is 24.9. The Labute approximate surface area is 218 Å². The van der Waals surface area contributed by atoms with Gasteiger partial charge in [0.25, 0.3) is 0 Å². The van der Waals surface area contributed by atoms with Crippen molar-refractivity contribution >= 4 is 73.3 Å². The number of hydrogen-bond donors (Lipinski definition) is 1. The van der Waals surface area contributed by atoms with Gasteiger partial charge >= 0.3 is 0 Å². The normalized spacial score (nSPS) is 12.4. The molecule has 0 unspecified atom stereocenters.